The molecule has 0 spiro atoms. The highest BCUT2D eigenvalue weighted by Crippen LogP contribution is 2.15. The van der Waals surface area contributed by atoms with Crippen molar-refractivity contribution in [3.8, 4) is 0 Å². The van der Waals surface area contributed by atoms with Crippen molar-refractivity contribution in [1.82, 2.24) is 15.6 Å². The number of hydrogen-bond acceptors (Lipinski definition) is 7. The van der Waals surface area contributed by atoms with Gasteiger partial charge in [-0.05, 0) is 12.1 Å². The zero-order chi connectivity index (χ0) is 15.1. The SMILES string of the molecule is O=C(Cc1nnc(NC(=O)CCl)s1)NN=Cc1ccco1. The fourth-order valence-electron chi connectivity index (χ4n) is 1.24. The smallest absolute Gasteiger partial charge is 0.247 e. The zero-order valence-electron chi connectivity index (χ0n) is 10.6. The number of hydrogen-bond donors (Lipinski definition) is 2. The molecule has 0 saturated heterocycles. The standard InChI is InChI=1S/C11H10ClN5O3S/c12-5-9(19)14-11-17-16-10(21-11)4-8(18)15-13-6-7-2-1-3-20-7/h1-3,6H,4-5H2,(H,15,18)(H,14,17,19). The lowest BCUT2D eigenvalue weighted by molar-refractivity contribution is -0.120. The molecule has 0 saturated carbocycles. The maximum atomic E-state index is 11.6. The number of amides is 2. The molecule has 0 atom stereocenters. The van der Waals surface area contributed by atoms with Crippen LogP contribution in [0.15, 0.2) is 27.9 Å². The molecule has 0 aliphatic carbocycles. The van der Waals surface area contributed by atoms with Crippen LogP contribution in [-0.4, -0.2) is 34.1 Å². The third-order valence-corrected chi connectivity index (χ3v) is 3.15. The summed E-state index contributed by atoms with van der Waals surface area (Å²) in [6.45, 7) is 0. The molecule has 21 heavy (non-hydrogen) atoms. The average Bonchev–Trinajstić information content (AvgIpc) is 3.11. The van der Waals surface area contributed by atoms with Crippen LogP contribution in [0.4, 0.5) is 5.13 Å². The summed E-state index contributed by atoms with van der Waals surface area (Å²) in [7, 11) is 0. The molecule has 0 aromatic carbocycles. The molecule has 2 rings (SSSR count). The Balaban J connectivity index is 1.81. The van der Waals surface area contributed by atoms with Crippen molar-refractivity contribution in [3.63, 3.8) is 0 Å². The predicted molar refractivity (Wildman–Crippen MR) is 77.4 cm³/mol. The number of alkyl halides is 1. The minimum atomic E-state index is -0.383. The van der Waals surface area contributed by atoms with Crippen LogP contribution in [-0.2, 0) is 16.0 Å². The second-order valence-electron chi connectivity index (χ2n) is 3.67. The van der Waals surface area contributed by atoms with Gasteiger partial charge in [0.2, 0.25) is 16.9 Å². The van der Waals surface area contributed by atoms with E-state index in [4.69, 9.17) is 16.0 Å². The van der Waals surface area contributed by atoms with Crippen LogP contribution in [0.5, 0.6) is 0 Å². The van der Waals surface area contributed by atoms with Gasteiger partial charge < -0.3 is 4.42 Å². The molecular formula is C11H10ClN5O3S. The Bertz CT molecular complexity index is 640. The van der Waals surface area contributed by atoms with Crippen LogP contribution < -0.4 is 10.7 Å². The Kier molecular flexibility index (Phi) is 5.41. The molecule has 0 unspecified atom stereocenters. The number of hydrazone groups is 1. The summed E-state index contributed by atoms with van der Waals surface area (Å²) in [4.78, 5) is 22.7. The molecule has 0 aliphatic rings. The minimum Gasteiger partial charge on any atom is -0.463 e. The second-order valence-corrected chi connectivity index (χ2v) is 5.00. The van der Waals surface area contributed by atoms with Crippen LogP contribution in [0.3, 0.4) is 0 Å². The lowest BCUT2D eigenvalue weighted by Gasteiger charge is -1.95. The van der Waals surface area contributed by atoms with Crippen LogP contribution in [0.25, 0.3) is 0 Å². The van der Waals surface area contributed by atoms with Gasteiger partial charge in [0, 0.05) is 0 Å². The van der Waals surface area contributed by atoms with Gasteiger partial charge in [-0.3, -0.25) is 14.9 Å². The van der Waals surface area contributed by atoms with E-state index in [1.165, 1.54) is 12.5 Å². The van der Waals surface area contributed by atoms with E-state index in [1.54, 1.807) is 12.1 Å². The number of aromatic nitrogens is 2. The number of carbonyl (C=O) groups is 2. The van der Waals surface area contributed by atoms with Gasteiger partial charge in [0.05, 0.1) is 18.9 Å². The van der Waals surface area contributed by atoms with E-state index < -0.39 is 0 Å². The summed E-state index contributed by atoms with van der Waals surface area (Å²) < 4.78 is 5.01. The van der Waals surface area contributed by atoms with Crippen LogP contribution >= 0.6 is 22.9 Å². The highest BCUT2D eigenvalue weighted by Gasteiger charge is 2.10. The Labute approximate surface area is 128 Å². The Morgan fingerprint density at radius 2 is 2.29 bits per heavy atom. The fourth-order valence-corrected chi connectivity index (χ4v) is 2.06. The van der Waals surface area contributed by atoms with Crippen molar-refractivity contribution in [2.75, 3.05) is 11.2 Å². The molecule has 10 heteroatoms. The number of halogens is 1. The first kappa shape index (κ1) is 15.1. The van der Waals surface area contributed by atoms with Gasteiger partial charge in [-0.2, -0.15) is 5.10 Å². The Morgan fingerprint density at radius 3 is 3.00 bits per heavy atom. The van der Waals surface area contributed by atoms with E-state index in [0.29, 0.717) is 15.9 Å². The van der Waals surface area contributed by atoms with Crippen LogP contribution in [0, 0.1) is 0 Å². The Hall–Kier alpha value is -2.26. The molecule has 2 aromatic heterocycles. The van der Waals surface area contributed by atoms with Crippen molar-refractivity contribution in [2.24, 2.45) is 5.10 Å². The molecule has 2 amide bonds. The van der Waals surface area contributed by atoms with E-state index >= 15 is 0 Å². The molecule has 0 radical (unpaired) electrons. The molecule has 0 bridgehead atoms. The molecule has 0 fully saturated rings. The van der Waals surface area contributed by atoms with Crippen LogP contribution in [0.1, 0.15) is 10.8 Å². The molecule has 2 aromatic rings. The lowest BCUT2D eigenvalue weighted by Crippen LogP contribution is -2.19. The number of rotatable bonds is 6. The van der Waals surface area contributed by atoms with E-state index in [0.717, 1.165) is 11.3 Å². The summed E-state index contributed by atoms with van der Waals surface area (Å²) in [5.41, 5.74) is 2.33. The number of nitrogens with one attached hydrogen (secondary N) is 2. The average molecular weight is 328 g/mol. The first-order valence-corrected chi connectivity index (χ1v) is 7.06. The minimum absolute atomic E-state index is 0.00388. The maximum Gasteiger partial charge on any atom is 0.247 e. The van der Waals surface area contributed by atoms with E-state index in [2.05, 4.69) is 26.0 Å². The van der Waals surface area contributed by atoms with Crippen molar-refractivity contribution in [2.45, 2.75) is 6.42 Å². The van der Waals surface area contributed by atoms with Gasteiger partial charge in [-0.25, -0.2) is 5.43 Å². The molecule has 110 valence electrons. The number of nitrogens with zero attached hydrogens (tertiary/aromatic N) is 3. The zero-order valence-corrected chi connectivity index (χ0v) is 12.1. The highest BCUT2D eigenvalue weighted by atomic mass is 35.5. The molecule has 8 nitrogen and oxygen atoms in total. The van der Waals surface area contributed by atoms with Gasteiger partial charge in [0.15, 0.2) is 0 Å². The summed E-state index contributed by atoms with van der Waals surface area (Å²) in [5, 5.41) is 14.4. The van der Waals surface area contributed by atoms with E-state index in [9.17, 15) is 9.59 Å². The third-order valence-electron chi connectivity index (χ3n) is 2.07. The molecule has 0 aliphatic heterocycles. The summed E-state index contributed by atoms with van der Waals surface area (Å²) >= 11 is 6.44. The largest absolute Gasteiger partial charge is 0.463 e. The van der Waals surface area contributed by atoms with Crippen LogP contribution in [0.2, 0.25) is 0 Å². The van der Waals surface area contributed by atoms with Gasteiger partial charge in [-0.15, -0.1) is 21.8 Å². The number of furan rings is 1. The summed E-state index contributed by atoms with van der Waals surface area (Å²) in [6, 6.07) is 3.41. The van der Waals surface area contributed by atoms with Gasteiger partial charge >= 0.3 is 0 Å². The lowest BCUT2D eigenvalue weighted by atomic mass is 10.4. The normalized spacial score (nSPS) is 10.7. The van der Waals surface area contributed by atoms with E-state index in [1.807, 2.05) is 0 Å². The van der Waals surface area contributed by atoms with Crippen molar-refractivity contribution in [3.05, 3.63) is 29.2 Å². The molecule has 2 heterocycles. The number of anilines is 1. The fraction of sp³-hybridized carbons (Fsp3) is 0.182. The van der Waals surface area contributed by atoms with Gasteiger partial charge in [0.1, 0.15) is 16.6 Å². The highest BCUT2D eigenvalue weighted by molar-refractivity contribution is 7.15. The predicted octanol–water partition coefficient (Wildman–Crippen LogP) is 1.00. The number of carbonyl (C=O) groups excluding carboxylic acids is 2. The summed E-state index contributed by atoms with van der Waals surface area (Å²) in [5.74, 6) is -0.384. The van der Waals surface area contributed by atoms with Crippen molar-refractivity contribution < 1.29 is 14.0 Å². The third kappa shape index (κ3) is 4.97. The van der Waals surface area contributed by atoms with Gasteiger partial charge in [-0.1, -0.05) is 11.3 Å². The summed E-state index contributed by atoms with van der Waals surface area (Å²) in [6.07, 6.45) is 2.88. The Morgan fingerprint density at radius 1 is 1.43 bits per heavy atom. The van der Waals surface area contributed by atoms with Crippen molar-refractivity contribution in [1.29, 1.82) is 0 Å². The maximum absolute atomic E-state index is 11.6. The second kappa shape index (κ2) is 7.50. The van der Waals surface area contributed by atoms with Gasteiger partial charge in [0.25, 0.3) is 0 Å². The topological polar surface area (TPSA) is 109 Å². The quantitative estimate of drug-likeness (QED) is 0.467. The molecular weight excluding hydrogens is 318 g/mol. The first-order chi connectivity index (χ1) is 10.2. The monoisotopic (exact) mass is 327 g/mol. The first-order valence-electron chi connectivity index (χ1n) is 5.71. The molecule has 2 N–H and O–H groups in total. The van der Waals surface area contributed by atoms with E-state index in [-0.39, 0.29) is 24.1 Å². The van der Waals surface area contributed by atoms with Crippen molar-refractivity contribution >= 4 is 46.1 Å².